The molecule has 0 saturated carbocycles. The van der Waals surface area contributed by atoms with Gasteiger partial charge in [-0.1, -0.05) is 27.7 Å². The van der Waals surface area contributed by atoms with Crippen LogP contribution in [0.2, 0.25) is 0 Å². The van der Waals surface area contributed by atoms with E-state index in [0.717, 1.165) is 0 Å². The third-order valence-corrected chi connectivity index (χ3v) is 5.47. The Kier molecular flexibility index (Phi) is 6.07. The second-order valence-electron chi connectivity index (χ2n) is 5.08. The first-order valence-corrected chi connectivity index (χ1v) is 8.94. The maximum Gasteiger partial charge on any atom is 0.329 e. The molecule has 6 nitrogen and oxygen atoms in total. The van der Waals surface area contributed by atoms with Gasteiger partial charge in [-0.25, -0.2) is 0 Å². The van der Waals surface area contributed by atoms with Gasteiger partial charge in [0.15, 0.2) is 0 Å². The molecule has 0 radical (unpaired) electrons. The van der Waals surface area contributed by atoms with E-state index in [1.807, 2.05) is 0 Å². The van der Waals surface area contributed by atoms with Crippen molar-refractivity contribution in [2.45, 2.75) is 33.4 Å². The lowest BCUT2D eigenvalue weighted by molar-refractivity contribution is 0.268. The molecule has 0 saturated heterocycles. The fourth-order valence-electron chi connectivity index (χ4n) is 2.12. The van der Waals surface area contributed by atoms with Crippen LogP contribution in [0, 0.1) is 17.8 Å². The predicted molar refractivity (Wildman–Crippen MR) is 65.9 cm³/mol. The maximum absolute atomic E-state index is 11.4. The molecule has 2 unspecified atom stereocenters. The van der Waals surface area contributed by atoms with Gasteiger partial charge in [-0.2, -0.15) is 0 Å². The van der Waals surface area contributed by atoms with Crippen molar-refractivity contribution in [3.05, 3.63) is 0 Å². The SMILES string of the molecule is CC(C)C(CP(=O)(O)O)C(C(C)C)P(=O)(O)O. The van der Waals surface area contributed by atoms with Crippen molar-refractivity contribution in [3.63, 3.8) is 0 Å². The average Bonchev–Trinajstić information content (AvgIpc) is 1.96. The van der Waals surface area contributed by atoms with Gasteiger partial charge in [0, 0.05) is 0 Å². The van der Waals surface area contributed by atoms with Crippen LogP contribution >= 0.6 is 15.2 Å². The molecule has 0 aromatic carbocycles. The highest BCUT2D eigenvalue weighted by Crippen LogP contribution is 2.53. The van der Waals surface area contributed by atoms with Gasteiger partial charge in [-0.15, -0.1) is 0 Å². The van der Waals surface area contributed by atoms with E-state index < -0.39 is 32.9 Å². The Morgan fingerprint density at radius 3 is 1.47 bits per heavy atom. The number of hydrogen-bond donors (Lipinski definition) is 4. The molecule has 2 atom stereocenters. The Bertz CT molecular complexity index is 328. The molecular formula is C9H22O6P2. The zero-order chi connectivity index (χ0) is 14.0. The van der Waals surface area contributed by atoms with E-state index in [-0.39, 0.29) is 11.8 Å². The summed E-state index contributed by atoms with van der Waals surface area (Å²) in [5, 5.41) is 0. The van der Waals surface area contributed by atoms with Gasteiger partial charge in [-0.3, -0.25) is 9.13 Å². The molecule has 0 fully saturated rings. The van der Waals surface area contributed by atoms with Crippen LogP contribution in [0.5, 0.6) is 0 Å². The van der Waals surface area contributed by atoms with Crippen LogP contribution in [0.25, 0.3) is 0 Å². The molecule has 0 bridgehead atoms. The molecule has 104 valence electrons. The standard InChI is InChI=1S/C9H22O6P2/c1-6(2)8(5-16(10,11)12)9(7(3)4)17(13,14)15/h6-9H,5H2,1-4H3,(H2,10,11,12)(H2,13,14,15). The summed E-state index contributed by atoms with van der Waals surface area (Å²) in [5.41, 5.74) is -1.02. The first-order chi connectivity index (χ1) is 7.36. The maximum atomic E-state index is 11.4. The largest absolute Gasteiger partial charge is 0.329 e. The second kappa shape index (κ2) is 5.96. The molecular weight excluding hydrogens is 266 g/mol. The molecule has 0 spiro atoms. The summed E-state index contributed by atoms with van der Waals surface area (Å²) < 4.78 is 22.5. The summed E-state index contributed by atoms with van der Waals surface area (Å²) in [7, 11) is -8.65. The summed E-state index contributed by atoms with van der Waals surface area (Å²) in [6.45, 7) is 6.73. The van der Waals surface area contributed by atoms with Crippen molar-refractivity contribution in [1.29, 1.82) is 0 Å². The van der Waals surface area contributed by atoms with Crippen molar-refractivity contribution >= 4 is 15.2 Å². The highest BCUT2D eigenvalue weighted by molar-refractivity contribution is 7.53. The third kappa shape index (κ3) is 6.14. The van der Waals surface area contributed by atoms with Gasteiger partial charge >= 0.3 is 15.2 Å². The van der Waals surface area contributed by atoms with E-state index in [9.17, 15) is 18.9 Å². The fraction of sp³-hybridized carbons (Fsp3) is 1.00. The zero-order valence-electron chi connectivity index (χ0n) is 10.5. The molecule has 0 aromatic heterocycles. The molecule has 0 amide bonds. The van der Waals surface area contributed by atoms with Crippen LogP contribution in [0.15, 0.2) is 0 Å². The smallest absolute Gasteiger partial charge is 0.324 e. The van der Waals surface area contributed by atoms with Crippen LogP contribution in [0.3, 0.4) is 0 Å². The summed E-state index contributed by atoms with van der Waals surface area (Å²) in [4.78, 5) is 36.6. The van der Waals surface area contributed by atoms with E-state index in [1.54, 1.807) is 27.7 Å². The average molecular weight is 288 g/mol. The Labute approximate surface area is 102 Å². The molecule has 0 heterocycles. The summed E-state index contributed by atoms with van der Waals surface area (Å²) in [6, 6.07) is 0. The Morgan fingerprint density at radius 2 is 1.29 bits per heavy atom. The molecule has 0 aliphatic carbocycles. The van der Waals surface area contributed by atoms with E-state index in [2.05, 4.69) is 0 Å². The van der Waals surface area contributed by atoms with E-state index in [1.165, 1.54) is 0 Å². The van der Waals surface area contributed by atoms with Crippen LogP contribution in [-0.2, 0) is 9.13 Å². The first-order valence-electron chi connectivity index (χ1n) is 5.46. The van der Waals surface area contributed by atoms with Crippen LogP contribution < -0.4 is 0 Å². The lowest BCUT2D eigenvalue weighted by Gasteiger charge is -2.33. The summed E-state index contributed by atoms with van der Waals surface area (Å²) in [5.74, 6) is -1.24. The first kappa shape index (κ1) is 17.3. The zero-order valence-corrected chi connectivity index (χ0v) is 12.3. The Balaban J connectivity index is 5.27. The second-order valence-corrected chi connectivity index (χ2v) is 8.55. The van der Waals surface area contributed by atoms with Gasteiger partial charge < -0.3 is 19.6 Å². The molecule has 0 aromatic rings. The highest BCUT2D eigenvalue weighted by Gasteiger charge is 2.42. The van der Waals surface area contributed by atoms with Gasteiger partial charge in [-0.05, 0) is 17.8 Å². The third-order valence-electron chi connectivity index (χ3n) is 2.82. The Morgan fingerprint density at radius 1 is 0.882 bits per heavy atom. The monoisotopic (exact) mass is 288 g/mol. The predicted octanol–water partition coefficient (Wildman–Crippen LogP) is 1.64. The van der Waals surface area contributed by atoms with Crippen LogP contribution in [0.1, 0.15) is 27.7 Å². The minimum Gasteiger partial charge on any atom is -0.324 e. The molecule has 4 N–H and O–H groups in total. The minimum atomic E-state index is -4.37. The topological polar surface area (TPSA) is 115 Å². The Hall–Kier alpha value is 0.300. The van der Waals surface area contributed by atoms with Crippen molar-refractivity contribution in [1.82, 2.24) is 0 Å². The lowest BCUT2D eigenvalue weighted by Crippen LogP contribution is -2.32. The molecule has 17 heavy (non-hydrogen) atoms. The van der Waals surface area contributed by atoms with Crippen molar-refractivity contribution < 1.29 is 28.7 Å². The quantitative estimate of drug-likeness (QED) is 0.552. The van der Waals surface area contributed by atoms with E-state index in [0.29, 0.717) is 0 Å². The summed E-state index contributed by atoms with van der Waals surface area (Å²) >= 11 is 0. The molecule has 8 heteroatoms. The molecule has 0 aliphatic heterocycles. The number of rotatable bonds is 6. The van der Waals surface area contributed by atoms with E-state index >= 15 is 0 Å². The van der Waals surface area contributed by atoms with Crippen LogP contribution in [0.4, 0.5) is 0 Å². The normalized spacial score (nSPS) is 17.5. The summed E-state index contributed by atoms with van der Waals surface area (Å²) in [6.07, 6.45) is -0.487. The van der Waals surface area contributed by atoms with Gasteiger partial charge in [0.05, 0.1) is 11.8 Å². The minimum absolute atomic E-state index is 0.206. The van der Waals surface area contributed by atoms with Crippen molar-refractivity contribution in [3.8, 4) is 0 Å². The van der Waals surface area contributed by atoms with Crippen LogP contribution in [-0.4, -0.2) is 31.4 Å². The number of hydrogen-bond acceptors (Lipinski definition) is 2. The fourth-order valence-corrected chi connectivity index (χ4v) is 5.21. The molecule has 0 rings (SSSR count). The molecule has 0 aliphatic rings. The highest BCUT2D eigenvalue weighted by atomic mass is 31.2. The van der Waals surface area contributed by atoms with E-state index in [4.69, 9.17) is 9.79 Å². The van der Waals surface area contributed by atoms with Crippen molar-refractivity contribution in [2.75, 3.05) is 6.16 Å². The van der Waals surface area contributed by atoms with Gasteiger partial charge in [0.1, 0.15) is 0 Å². The van der Waals surface area contributed by atoms with Crippen molar-refractivity contribution in [2.24, 2.45) is 17.8 Å². The van der Waals surface area contributed by atoms with Gasteiger partial charge in [0.25, 0.3) is 0 Å². The lowest BCUT2D eigenvalue weighted by atomic mass is 9.88. The van der Waals surface area contributed by atoms with Gasteiger partial charge in [0.2, 0.25) is 0 Å².